The molecule has 1 saturated carbocycles. The van der Waals surface area contributed by atoms with Crippen molar-refractivity contribution in [3.05, 3.63) is 71.5 Å². The van der Waals surface area contributed by atoms with Crippen LogP contribution in [0.2, 0.25) is 0 Å². The molecular weight excluding hydrogens is 786 g/mol. The van der Waals surface area contributed by atoms with Gasteiger partial charge in [0.25, 0.3) is 5.91 Å². The minimum atomic E-state index is -4.84. The van der Waals surface area contributed by atoms with Crippen molar-refractivity contribution in [2.45, 2.75) is 95.4 Å². The normalized spacial score (nSPS) is 20.2. The maximum absolute atomic E-state index is 13.9. The highest BCUT2D eigenvalue weighted by Gasteiger charge is 2.60. The molecule has 13 nitrogen and oxygen atoms in total. The molecule has 0 bridgehead atoms. The van der Waals surface area contributed by atoms with Crippen LogP contribution in [0, 0.1) is 17.2 Å². The number of rotatable bonds is 12. The molecule has 2 unspecified atom stereocenters. The zero-order chi connectivity index (χ0) is 42.1. The van der Waals surface area contributed by atoms with Gasteiger partial charge in [-0.1, -0.05) is 13.0 Å². The van der Waals surface area contributed by atoms with Gasteiger partial charge < -0.3 is 20.3 Å². The van der Waals surface area contributed by atoms with Gasteiger partial charge in [-0.05, 0) is 138 Å². The molecule has 1 spiro atoms. The monoisotopic (exact) mass is 830 g/mol. The van der Waals surface area contributed by atoms with E-state index in [1.807, 2.05) is 38.1 Å². The molecule has 4 aliphatic rings. The Kier molecular flexibility index (Phi) is 11.9. The maximum atomic E-state index is 13.9. The number of nitriles is 1. The summed E-state index contributed by atoms with van der Waals surface area (Å²) in [7, 11) is 0. The number of alkyl halides is 3. The van der Waals surface area contributed by atoms with Crippen LogP contribution in [0.5, 0.6) is 5.75 Å². The molecule has 310 valence electrons. The van der Waals surface area contributed by atoms with E-state index in [1.54, 1.807) is 23.1 Å². The second-order valence-corrected chi connectivity index (χ2v) is 15.9. The lowest BCUT2D eigenvalue weighted by atomic mass is 9.75. The van der Waals surface area contributed by atoms with Gasteiger partial charge in [0.2, 0.25) is 17.7 Å². The zero-order valence-electron chi connectivity index (χ0n) is 32.7. The van der Waals surface area contributed by atoms with Gasteiger partial charge in [-0.3, -0.25) is 34.3 Å². The first kappa shape index (κ1) is 41.6. The van der Waals surface area contributed by atoms with Crippen LogP contribution < -0.4 is 30.5 Å². The predicted molar refractivity (Wildman–Crippen MR) is 218 cm³/mol. The van der Waals surface area contributed by atoms with Crippen molar-refractivity contribution >= 4 is 63.7 Å². The van der Waals surface area contributed by atoms with Crippen LogP contribution in [0.25, 0.3) is 0 Å². The van der Waals surface area contributed by atoms with Crippen molar-refractivity contribution in [1.82, 2.24) is 15.2 Å². The van der Waals surface area contributed by atoms with E-state index >= 15 is 0 Å². The molecule has 59 heavy (non-hydrogen) atoms. The van der Waals surface area contributed by atoms with Crippen molar-refractivity contribution in [1.29, 1.82) is 5.26 Å². The molecule has 3 saturated heterocycles. The molecule has 2 aromatic carbocycles. The Balaban J connectivity index is 0.923. The van der Waals surface area contributed by atoms with Crippen LogP contribution in [0.1, 0.15) is 82.0 Å². The molecule has 3 aliphatic heterocycles. The summed E-state index contributed by atoms with van der Waals surface area (Å²) in [4.78, 5) is 59.6. The third kappa shape index (κ3) is 8.46. The first-order valence-corrected chi connectivity index (χ1v) is 20.3. The van der Waals surface area contributed by atoms with E-state index in [0.717, 1.165) is 61.5 Å². The summed E-state index contributed by atoms with van der Waals surface area (Å²) in [5.74, 6) is -0.0741. The number of hydrogen-bond donors (Lipinski definition) is 3. The lowest BCUT2D eigenvalue weighted by Crippen LogP contribution is -2.55. The third-order valence-corrected chi connectivity index (χ3v) is 12.3. The molecule has 1 aromatic heterocycles. The van der Waals surface area contributed by atoms with E-state index in [0.29, 0.717) is 61.0 Å². The maximum Gasteiger partial charge on any atom is 0.419 e. The third-order valence-electron chi connectivity index (χ3n) is 11.9. The van der Waals surface area contributed by atoms with Crippen molar-refractivity contribution in [2.75, 3.05) is 40.1 Å². The molecule has 3 N–H and O–H groups in total. The lowest BCUT2D eigenvalue weighted by Gasteiger charge is -2.43. The number of nitrogens with zero attached hydrogens (tertiary/aromatic N) is 5. The van der Waals surface area contributed by atoms with Crippen molar-refractivity contribution in [2.24, 2.45) is 5.92 Å². The number of amides is 4. The van der Waals surface area contributed by atoms with E-state index in [2.05, 4.69) is 25.8 Å². The number of piperidine rings is 2. The molecular formula is C42H45F3N8O5S. The van der Waals surface area contributed by atoms with Crippen LogP contribution in [-0.2, 0) is 31.8 Å². The first-order chi connectivity index (χ1) is 28.2. The fraction of sp³-hybridized carbons (Fsp3) is 0.452. The summed E-state index contributed by atoms with van der Waals surface area (Å²) >= 11 is 5.79. The molecule has 4 amide bonds. The van der Waals surface area contributed by atoms with Gasteiger partial charge in [0.1, 0.15) is 23.4 Å². The van der Waals surface area contributed by atoms with Gasteiger partial charge in [-0.2, -0.15) is 18.4 Å². The summed E-state index contributed by atoms with van der Waals surface area (Å²) in [6, 6.07) is 14.1. The smallest absolute Gasteiger partial charge is 0.419 e. The quantitative estimate of drug-likeness (QED) is 0.139. The van der Waals surface area contributed by atoms with E-state index in [9.17, 15) is 37.6 Å². The number of pyridine rings is 1. The van der Waals surface area contributed by atoms with Gasteiger partial charge in [0.15, 0.2) is 10.8 Å². The first-order valence-electron chi connectivity index (χ1n) is 19.9. The summed E-state index contributed by atoms with van der Waals surface area (Å²) in [6.07, 6.45) is 1.90. The highest BCUT2D eigenvalue weighted by atomic mass is 32.1. The molecule has 4 fully saturated rings. The largest absolute Gasteiger partial charge is 0.493 e. The van der Waals surface area contributed by atoms with E-state index in [4.69, 9.17) is 17.0 Å². The number of aromatic nitrogens is 1. The summed E-state index contributed by atoms with van der Waals surface area (Å²) in [5, 5.41) is 17.7. The lowest BCUT2D eigenvalue weighted by molar-refractivity contribution is -0.138. The number of anilines is 4. The van der Waals surface area contributed by atoms with Crippen molar-refractivity contribution in [3.8, 4) is 11.8 Å². The topological polar surface area (TPSA) is 160 Å². The Labute approximate surface area is 345 Å². The summed E-state index contributed by atoms with van der Waals surface area (Å²) in [5.41, 5.74) is -0.338. The van der Waals surface area contributed by atoms with E-state index in [-0.39, 0.29) is 41.0 Å². The zero-order valence-corrected chi connectivity index (χ0v) is 33.5. The van der Waals surface area contributed by atoms with Gasteiger partial charge in [-0.25, -0.2) is 4.98 Å². The van der Waals surface area contributed by atoms with E-state index in [1.165, 1.54) is 6.07 Å². The minimum Gasteiger partial charge on any atom is -0.493 e. The molecule has 1 aliphatic carbocycles. The number of nitrogens with one attached hydrogen (secondary N) is 3. The van der Waals surface area contributed by atoms with Gasteiger partial charge in [0.05, 0.1) is 30.1 Å². The Morgan fingerprint density at radius 2 is 1.83 bits per heavy atom. The predicted octanol–water partition coefficient (Wildman–Crippen LogP) is 6.32. The number of benzene rings is 2. The van der Waals surface area contributed by atoms with Crippen LogP contribution in [0.4, 0.5) is 35.9 Å². The number of carbonyl (C=O) groups excluding carboxylic acids is 4. The SMILES string of the molecule is CCc1cc(N2C(=S)N(c3cnc(C#N)c(C(F)(F)F)c3)C(=O)C23CCC3)ccc1OCCC1CCN(C(C)C(=O)Nc2cccc(NC3CCC(=O)NC3=O)c2)CC1. The molecule has 17 heteroatoms. The van der Waals surface area contributed by atoms with Gasteiger partial charge >= 0.3 is 6.18 Å². The van der Waals surface area contributed by atoms with Crippen molar-refractivity contribution < 1.29 is 37.1 Å². The number of likely N-dealkylation sites (tertiary alicyclic amines) is 1. The molecule has 7 rings (SSSR count). The number of halogens is 3. The van der Waals surface area contributed by atoms with Gasteiger partial charge in [0, 0.05) is 23.5 Å². The van der Waals surface area contributed by atoms with Crippen LogP contribution in [-0.4, -0.2) is 75.9 Å². The Hall–Kier alpha value is -5.60. The number of imide groups is 1. The molecule has 4 heterocycles. The highest BCUT2D eigenvalue weighted by molar-refractivity contribution is 7.81. The van der Waals surface area contributed by atoms with Crippen LogP contribution in [0.3, 0.4) is 0 Å². The standard InChI is InChI=1S/C42H45F3N8O5S/c1-3-27-20-30(53-40(59)52(39(57)41(53)15-5-16-41)31-22-32(42(43,44)45)34(23-46)47-24-31)8-10-35(27)58-19-14-26-12-17-51(18-13-26)25(2)37(55)49-29-7-4-6-28(21-29)48-33-9-11-36(54)50-38(33)56/h4,6-8,10,20-22,24-26,33,48H,3,5,9,11-19H2,1-2H3,(H,49,55)(H,50,54,56). The van der Waals surface area contributed by atoms with Crippen molar-refractivity contribution in [3.63, 3.8) is 0 Å². The van der Waals surface area contributed by atoms with Gasteiger partial charge in [-0.15, -0.1) is 0 Å². The number of aryl methyl sites for hydroxylation is 1. The Morgan fingerprint density at radius 1 is 1.08 bits per heavy atom. The number of carbonyl (C=O) groups is 4. The highest BCUT2D eigenvalue weighted by Crippen LogP contribution is 2.49. The van der Waals surface area contributed by atoms with E-state index < -0.39 is 34.9 Å². The van der Waals surface area contributed by atoms with Crippen LogP contribution >= 0.6 is 12.2 Å². The number of thiocarbonyl (C=S) groups is 1. The fourth-order valence-electron chi connectivity index (χ4n) is 8.31. The minimum absolute atomic E-state index is 0.0525. The second kappa shape index (κ2) is 16.9. The second-order valence-electron chi connectivity index (χ2n) is 15.5. The number of ether oxygens (including phenoxy) is 1. The molecule has 3 aromatic rings. The summed E-state index contributed by atoms with van der Waals surface area (Å²) in [6.45, 7) is 5.89. The number of hydrogen-bond acceptors (Lipinski definition) is 10. The molecule has 0 radical (unpaired) electrons. The summed E-state index contributed by atoms with van der Waals surface area (Å²) < 4.78 is 47.7. The molecule has 2 atom stereocenters. The van der Waals surface area contributed by atoms with Crippen LogP contribution in [0.15, 0.2) is 54.7 Å². The fourth-order valence-corrected chi connectivity index (χ4v) is 8.78. The Bertz CT molecular complexity index is 2200. The average molecular weight is 831 g/mol. The Morgan fingerprint density at radius 3 is 2.49 bits per heavy atom. The average Bonchev–Trinajstić information content (AvgIpc) is 3.44.